The second-order valence-electron chi connectivity index (χ2n) is 5.12. The normalized spacial score (nSPS) is 15.4. The van der Waals surface area contributed by atoms with E-state index in [9.17, 15) is 8.42 Å². The number of aromatic nitrogens is 1. The zero-order valence-corrected chi connectivity index (χ0v) is 12.6. The van der Waals surface area contributed by atoms with Gasteiger partial charge in [-0.05, 0) is 44.0 Å². The minimum atomic E-state index is -3.63. The summed E-state index contributed by atoms with van der Waals surface area (Å²) in [6, 6.07) is 8.45. The zero-order valence-electron chi connectivity index (χ0n) is 11.7. The molecule has 2 aromatic rings. The highest BCUT2D eigenvalue weighted by Gasteiger charge is 2.17. The lowest BCUT2D eigenvalue weighted by Crippen LogP contribution is -2.18. The van der Waals surface area contributed by atoms with E-state index in [0.717, 1.165) is 18.8 Å². The predicted octanol–water partition coefficient (Wildman–Crippen LogP) is 2.38. The molecule has 2 heterocycles. The maximum absolute atomic E-state index is 12.2. The van der Waals surface area contributed by atoms with E-state index >= 15 is 0 Å². The molecule has 1 aromatic heterocycles. The quantitative estimate of drug-likeness (QED) is 0.938. The van der Waals surface area contributed by atoms with Crippen molar-refractivity contribution in [3.63, 3.8) is 0 Å². The Balaban J connectivity index is 1.78. The van der Waals surface area contributed by atoms with Gasteiger partial charge >= 0.3 is 0 Å². The van der Waals surface area contributed by atoms with Crippen LogP contribution in [0.15, 0.2) is 39.8 Å². The number of nitrogens with one attached hydrogen (secondary N) is 1. The van der Waals surface area contributed by atoms with E-state index in [-0.39, 0.29) is 10.7 Å². The second-order valence-corrected chi connectivity index (χ2v) is 6.80. The summed E-state index contributed by atoms with van der Waals surface area (Å²) in [5.41, 5.74) is 1.06. The van der Waals surface area contributed by atoms with Crippen molar-refractivity contribution in [2.24, 2.45) is 0 Å². The maximum Gasteiger partial charge on any atom is 0.263 e. The molecular weight excluding hydrogens is 290 g/mol. The van der Waals surface area contributed by atoms with Gasteiger partial charge in [0.15, 0.2) is 5.82 Å². The monoisotopic (exact) mass is 307 g/mol. The van der Waals surface area contributed by atoms with Crippen LogP contribution in [0.1, 0.15) is 18.6 Å². The number of hydrogen-bond acceptors (Lipinski definition) is 5. The number of hydrogen-bond donors (Lipinski definition) is 1. The summed E-state index contributed by atoms with van der Waals surface area (Å²) in [5.74, 6) is 0.744. The summed E-state index contributed by atoms with van der Waals surface area (Å²) >= 11 is 0. The van der Waals surface area contributed by atoms with Crippen molar-refractivity contribution in [1.29, 1.82) is 0 Å². The molecule has 1 aliphatic heterocycles. The van der Waals surface area contributed by atoms with E-state index in [4.69, 9.17) is 4.52 Å². The van der Waals surface area contributed by atoms with Gasteiger partial charge in [0, 0.05) is 24.8 Å². The lowest BCUT2D eigenvalue weighted by Gasteiger charge is -2.17. The van der Waals surface area contributed by atoms with Gasteiger partial charge < -0.3 is 9.42 Å². The predicted molar refractivity (Wildman–Crippen MR) is 79.9 cm³/mol. The van der Waals surface area contributed by atoms with Crippen LogP contribution in [0.2, 0.25) is 0 Å². The van der Waals surface area contributed by atoms with Crippen molar-refractivity contribution in [2.75, 3.05) is 22.7 Å². The van der Waals surface area contributed by atoms with Crippen LogP contribution in [-0.4, -0.2) is 26.7 Å². The van der Waals surface area contributed by atoms with Crippen LogP contribution >= 0.6 is 0 Å². The first-order valence-electron chi connectivity index (χ1n) is 6.86. The molecule has 0 spiro atoms. The third-order valence-corrected chi connectivity index (χ3v) is 4.86. The Morgan fingerprint density at radius 1 is 1.19 bits per heavy atom. The van der Waals surface area contributed by atoms with Gasteiger partial charge in [-0.1, -0.05) is 5.16 Å². The summed E-state index contributed by atoms with van der Waals surface area (Å²) in [5, 5.41) is 3.63. The van der Waals surface area contributed by atoms with Gasteiger partial charge in [-0.25, -0.2) is 8.42 Å². The third-order valence-electron chi connectivity index (χ3n) is 3.49. The highest BCUT2D eigenvalue weighted by Crippen LogP contribution is 2.23. The molecule has 6 nitrogen and oxygen atoms in total. The SMILES string of the molecule is Cc1cc(NS(=O)(=O)c2ccc(N3CCCC3)cc2)no1. The van der Waals surface area contributed by atoms with Gasteiger partial charge in [0.1, 0.15) is 5.76 Å². The Morgan fingerprint density at radius 3 is 2.43 bits per heavy atom. The molecule has 21 heavy (non-hydrogen) atoms. The van der Waals surface area contributed by atoms with Crippen LogP contribution in [0.25, 0.3) is 0 Å². The van der Waals surface area contributed by atoms with Crippen molar-refractivity contribution in [3.05, 3.63) is 36.1 Å². The van der Waals surface area contributed by atoms with E-state index in [1.165, 1.54) is 18.9 Å². The highest BCUT2D eigenvalue weighted by atomic mass is 32.2. The van der Waals surface area contributed by atoms with Crippen LogP contribution in [0.4, 0.5) is 11.5 Å². The second kappa shape index (κ2) is 5.40. The molecule has 0 atom stereocenters. The van der Waals surface area contributed by atoms with Crippen LogP contribution in [0.3, 0.4) is 0 Å². The van der Waals surface area contributed by atoms with Gasteiger partial charge in [0.05, 0.1) is 4.90 Å². The summed E-state index contributed by atoms with van der Waals surface area (Å²) < 4.78 is 31.7. The van der Waals surface area contributed by atoms with Crippen LogP contribution in [0.5, 0.6) is 0 Å². The fourth-order valence-electron chi connectivity index (χ4n) is 2.42. The third kappa shape index (κ3) is 3.02. The Labute approximate surface area is 123 Å². The summed E-state index contributed by atoms with van der Waals surface area (Å²) in [7, 11) is -3.63. The van der Waals surface area contributed by atoms with E-state index < -0.39 is 10.0 Å². The maximum atomic E-state index is 12.2. The van der Waals surface area contributed by atoms with Crippen molar-refractivity contribution in [1.82, 2.24) is 5.16 Å². The molecule has 1 aromatic carbocycles. The van der Waals surface area contributed by atoms with Gasteiger partial charge in [0.2, 0.25) is 0 Å². The minimum Gasteiger partial charge on any atom is -0.372 e. The molecule has 0 unspecified atom stereocenters. The molecule has 1 N–H and O–H groups in total. The molecule has 112 valence electrons. The average molecular weight is 307 g/mol. The summed E-state index contributed by atoms with van der Waals surface area (Å²) in [4.78, 5) is 2.47. The van der Waals surface area contributed by atoms with E-state index in [0.29, 0.717) is 5.76 Å². The molecule has 7 heteroatoms. The van der Waals surface area contributed by atoms with Crippen molar-refractivity contribution < 1.29 is 12.9 Å². The zero-order chi connectivity index (χ0) is 14.9. The average Bonchev–Trinajstić information content (AvgIpc) is 3.10. The molecular formula is C14H17N3O3S. The molecule has 1 saturated heterocycles. The Kier molecular flexibility index (Phi) is 3.59. The smallest absolute Gasteiger partial charge is 0.263 e. The molecule has 0 amide bonds. The van der Waals surface area contributed by atoms with E-state index in [2.05, 4.69) is 14.8 Å². The molecule has 0 aliphatic carbocycles. The van der Waals surface area contributed by atoms with Gasteiger partial charge in [-0.2, -0.15) is 0 Å². The molecule has 0 saturated carbocycles. The number of aryl methyl sites for hydroxylation is 1. The first-order valence-corrected chi connectivity index (χ1v) is 8.34. The van der Waals surface area contributed by atoms with Gasteiger partial charge in [-0.3, -0.25) is 4.72 Å². The van der Waals surface area contributed by atoms with Gasteiger partial charge in [0.25, 0.3) is 10.0 Å². The van der Waals surface area contributed by atoms with Crippen molar-refractivity contribution in [2.45, 2.75) is 24.7 Å². The summed E-state index contributed by atoms with van der Waals surface area (Å²) in [6.45, 7) is 3.76. The van der Waals surface area contributed by atoms with Crippen molar-refractivity contribution >= 4 is 21.5 Å². The Morgan fingerprint density at radius 2 is 1.86 bits per heavy atom. The molecule has 1 fully saturated rings. The number of benzene rings is 1. The Hall–Kier alpha value is -2.02. The first kappa shape index (κ1) is 13.9. The fourth-order valence-corrected chi connectivity index (χ4v) is 3.41. The number of rotatable bonds is 4. The number of anilines is 2. The minimum absolute atomic E-state index is 0.191. The highest BCUT2D eigenvalue weighted by molar-refractivity contribution is 7.92. The standard InChI is InChI=1S/C14H17N3O3S/c1-11-10-14(15-20-11)16-21(18,19)13-6-4-12(5-7-13)17-8-2-3-9-17/h4-7,10H,2-3,8-9H2,1H3,(H,15,16). The molecule has 3 rings (SSSR count). The van der Waals surface area contributed by atoms with Crippen LogP contribution in [-0.2, 0) is 10.0 Å². The van der Waals surface area contributed by atoms with Crippen LogP contribution in [0, 0.1) is 6.92 Å². The lowest BCUT2D eigenvalue weighted by molar-refractivity contribution is 0.400. The fraction of sp³-hybridized carbons (Fsp3) is 0.357. The molecule has 0 bridgehead atoms. The van der Waals surface area contributed by atoms with E-state index in [1.807, 2.05) is 12.1 Å². The topological polar surface area (TPSA) is 75.4 Å². The first-order chi connectivity index (χ1) is 10.0. The Bertz CT molecular complexity index is 716. The number of nitrogens with zero attached hydrogens (tertiary/aromatic N) is 2. The van der Waals surface area contributed by atoms with Crippen LogP contribution < -0.4 is 9.62 Å². The van der Waals surface area contributed by atoms with E-state index in [1.54, 1.807) is 19.1 Å². The largest absolute Gasteiger partial charge is 0.372 e. The summed E-state index contributed by atoms with van der Waals surface area (Å²) in [6.07, 6.45) is 2.38. The number of sulfonamides is 1. The van der Waals surface area contributed by atoms with Gasteiger partial charge in [-0.15, -0.1) is 0 Å². The van der Waals surface area contributed by atoms with Crippen molar-refractivity contribution in [3.8, 4) is 0 Å². The molecule has 0 radical (unpaired) electrons. The molecule has 1 aliphatic rings. The lowest BCUT2D eigenvalue weighted by atomic mass is 10.3.